The van der Waals surface area contributed by atoms with E-state index in [4.69, 9.17) is 4.74 Å². The highest BCUT2D eigenvalue weighted by Gasteiger charge is 2.22. The molecule has 0 aliphatic carbocycles. The number of hydrogen-bond donors (Lipinski definition) is 2. The van der Waals surface area contributed by atoms with Crippen LogP contribution in [0.25, 0.3) is 0 Å². The van der Waals surface area contributed by atoms with E-state index in [-0.39, 0.29) is 17.8 Å². The Morgan fingerprint density at radius 1 is 1.33 bits per heavy atom. The first kappa shape index (κ1) is 17.4. The van der Waals surface area contributed by atoms with Gasteiger partial charge >= 0.3 is 5.97 Å². The van der Waals surface area contributed by atoms with Crippen LogP contribution in [-0.4, -0.2) is 28.2 Å². The molecule has 1 aromatic heterocycles. The van der Waals surface area contributed by atoms with Gasteiger partial charge in [0.05, 0.1) is 11.8 Å². The van der Waals surface area contributed by atoms with Crippen molar-refractivity contribution in [1.82, 2.24) is 10.3 Å². The van der Waals surface area contributed by atoms with Gasteiger partial charge in [0.1, 0.15) is 11.8 Å². The molecule has 5 nitrogen and oxygen atoms in total. The third kappa shape index (κ3) is 6.12. The van der Waals surface area contributed by atoms with E-state index in [0.717, 1.165) is 5.69 Å². The van der Waals surface area contributed by atoms with Crippen molar-refractivity contribution < 1.29 is 14.6 Å². The number of aryl methyl sites for hydroxylation is 1. The highest BCUT2D eigenvalue weighted by Crippen LogP contribution is 2.15. The van der Waals surface area contributed by atoms with Gasteiger partial charge in [-0.25, -0.2) is 0 Å². The second-order valence-corrected chi connectivity index (χ2v) is 5.97. The maximum Gasteiger partial charge on any atom is 0.323 e. The lowest BCUT2D eigenvalue weighted by atomic mass is 10.0. The third-order valence-electron chi connectivity index (χ3n) is 2.95. The van der Waals surface area contributed by atoms with Crippen LogP contribution in [-0.2, 0) is 16.1 Å². The number of rotatable bonds is 7. The number of pyridine rings is 1. The van der Waals surface area contributed by atoms with Crippen LogP contribution in [0.15, 0.2) is 12.1 Å². The lowest BCUT2D eigenvalue weighted by Crippen LogP contribution is -2.39. The average molecular weight is 294 g/mol. The van der Waals surface area contributed by atoms with Crippen molar-refractivity contribution in [3.8, 4) is 5.75 Å². The zero-order chi connectivity index (χ0) is 16.0. The topological polar surface area (TPSA) is 71.5 Å². The molecule has 1 rings (SSSR count). The molecular formula is C16H26N2O3. The van der Waals surface area contributed by atoms with E-state index in [0.29, 0.717) is 24.6 Å². The molecule has 1 heterocycles. The molecule has 0 unspecified atom stereocenters. The molecule has 118 valence electrons. The quantitative estimate of drug-likeness (QED) is 0.756. The van der Waals surface area contributed by atoms with E-state index in [1.165, 1.54) is 0 Å². The largest absolute Gasteiger partial charge is 0.506 e. The molecule has 5 heteroatoms. The molecule has 0 aliphatic rings. The Hall–Kier alpha value is -1.62. The van der Waals surface area contributed by atoms with Crippen LogP contribution in [0.3, 0.4) is 0 Å². The van der Waals surface area contributed by atoms with Crippen LogP contribution >= 0.6 is 0 Å². The first-order chi connectivity index (χ1) is 9.79. The minimum Gasteiger partial charge on any atom is -0.506 e. The van der Waals surface area contributed by atoms with Crippen molar-refractivity contribution >= 4 is 5.97 Å². The van der Waals surface area contributed by atoms with E-state index in [9.17, 15) is 9.90 Å². The first-order valence-electron chi connectivity index (χ1n) is 7.39. The highest BCUT2D eigenvalue weighted by atomic mass is 16.5. The monoisotopic (exact) mass is 294 g/mol. The van der Waals surface area contributed by atoms with Gasteiger partial charge in [0, 0.05) is 12.2 Å². The maximum atomic E-state index is 12.1. The van der Waals surface area contributed by atoms with Crippen molar-refractivity contribution in [3.05, 3.63) is 23.5 Å². The van der Waals surface area contributed by atoms with Gasteiger partial charge in [-0.3, -0.25) is 15.1 Å². The van der Waals surface area contributed by atoms with Gasteiger partial charge in [-0.2, -0.15) is 0 Å². The zero-order valence-corrected chi connectivity index (χ0v) is 13.5. The van der Waals surface area contributed by atoms with Gasteiger partial charge in [0.15, 0.2) is 0 Å². The minimum absolute atomic E-state index is 0.133. The minimum atomic E-state index is -0.394. The number of carbonyl (C=O) groups excluding carboxylic acids is 1. The fraction of sp³-hybridized carbons (Fsp3) is 0.625. The number of aromatic nitrogens is 1. The molecule has 2 N–H and O–H groups in total. The Balaban J connectivity index is 2.72. The average Bonchev–Trinajstić information content (AvgIpc) is 2.36. The summed E-state index contributed by atoms with van der Waals surface area (Å²) >= 11 is 0. The van der Waals surface area contributed by atoms with Crippen molar-refractivity contribution in [2.45, 2.75) is 59.7 Å². The number of nitrogens with zero attached hydrogens (tertiary/aromatic N) is 1. The molecule has 0 saturated heterocycles. The smallest absolute Gasteiger partial charge is 0.323 e. The fourth-order valence-electron chi connectivity index (χ4n) is 2.00. The molecular weight excluding hydrogens is 268 g/mol. The lowest BCUT2D eigenvalue weighted by Gasteiger charge is -2.20. The number of hydrogen-bond acceptors (Lipinski definition) is 5. The van der Waals surface area contributed by atoms with Crippen LogP contribution in [0.2, 0.25) is 0 Å². The van der Waals surface area contributed by atoms with Crippen LogP contribution in [0, 0.1) is 12.8 Å². The summed E-state index contributed by atoms with van der Waals surface area (Å²) in [5.74, 6) is 0.237. The summed E-state index contributed by atoms with van der Waals surface area (Å²) in [6.07, 6.45) is 0.539. The summed E-state index contributed by atoms with van der Waals surface area (Å²) in [6.45, 7) is 9.97. The van der Waals surface area contributed by atoms with Gasteiger partial charge in [-0.15, -0.1) is 0 Å². The molecule has 0 fully saturated rings. The van der Waals surface area contributed by atoms with E-state index in [2.05, 4.69) is 24.1 Å². The maximum absolute atomic E-state index is 12.1. The van der Waals surface area contributed by atoms with Crippen LogP contribution < -0.4 is 5.32 Å². The Bertz CT molecular complexity index is 473. The molecule has 0 amide bonds. The normalized spacial score (nSPS) is 12.7. The number of carbonyl (C=O) groups is 1. The second kappa shape index (κ2) is 7.98. The Kier molecular flexibility index (Phi) is 6.62. The van der Waals surface area contributed by atoms with E-state index >= 15 is 0 Å². The molecule has 0 aliphatic heterocycles. The summed E-state index contributed by atoms with van der Waals surface area (Å²) in [5, 5.41) is 12.9. The molecule has 1 aromatic rings. The summed E-state index contributed by atoms with van der Waals surface area (Å²) in [4.78, 5) is 16.4. The molecule has 0 saturated carbocycles. The zero-order valence-electron chi connectivity index (χ0n) is 13.5. The Morgan fingerprint density at radius 2 is 2.00 bits per heavy atom. The predicted octanol–water partition coefficient (Wildman–Crippen LogP) is 2.55. The van der Waals surface area contributed by atoms with Gasteiger partial charge < -0.3 is 9.84 Å². The highest BCUT2D eigenvalue weighted by molar-refractivity contribution is 5.75. The predicted molar refractivity (Wildman–Crippen MR) is 81.9 cm³/mol. The summed E-state index contributed by atoms with van der Waals surface area (Å²) in [7, 11) is 0. The summed E-state index contributed by atoms with van der Waals surface area (Å²) < 4.78 is 5.27. The second-order valence-electron chi connectivity index (χ2n) is 5.97. The number of aromatic hydroxyl groups is 1. The van der Waals surface area contributed by atoms with E-state index in [1.54, 1.807) is 12.1 Å². The van der Waals surface area contributed by atoms with Crippen molar-refractivity contribution in [1.29, 1.82) is 0 Å². The Labute approximate surface area is 126 Å². The molecule has 0 aromatic carbocycles. The lowest BCUT2D eigenvalue weighted by molar-refractivity contribution is -0.150. The van der Waals surface area contributed by atoms with Crippen molar-refractivity contribution in [2.75, 3.05) is 0 Å². The van der Waals surface area contributed by atoms with Crippen LogP contribution in [0.5, 0.6) is 5.75 Å². The molecule has 1 atom stereocenters. The first-order valence-corrected chi connectivity index (χ1v) is 7.39. The van der Waals surface area contributed by atoms with Crippen molar-refractivity contribution in [3.63, 3.8) is 0 Å². The SMILES string of the molecule is Cc1ccc(O)c(CN[C@@H](CC(C)C)C(=O)OC(C)C)n1. The molecule has 21 heavy (non-hydrogen) atoms. The third-order valence-corrected chi connectivity index (χ3v) is 2.95. The standard InChI is InChI=1S/C16H26N2O3/c1-10(2)8-13(16(20)21-11(3)4)17-9-14-15(19)7-6-12(5)18-14/h6-7,10-11,13,17,19H,8-9H2,1-5H3/t13-/m0/s1. The van der Waals surface area contributed by atoms with Crippen molar-refractivity contribution in [2.24, 2.45) is 5.92 Å². The summed E-state index contributed by atoms with van der Waals surface area (Å²) in [6, 6.07) is 2.97. The molecule has 0 bridgehead atoms. The fourth-order valence-corrected chi connectivity index (χ4v) is 2.00. The summed E-state index contributed by atoms with van der Waals surface area (Å²) in [5.41, 5.74) is 1.37. The Morgan fingerprint density at radius 3 is 2.57 bits per heavy atom. The molecule has 0 spiro atoms. The molecule has 0 radical (unpaired) electrons. The van der Waals surface area contributed by atoms with E-state index in [1.807, 2.05) is 20.8 Å². The van der Waals surface area contributed by atoms with Crippen LogP contribution in [0.4, 0.5) is 0 Å². The van der Waals surface area contributed by atoms with Gasteiger partial charge in [-0.1, -0.05) is 13.8 Å². The number of esters is 1. The van der Waals surface area contributed by atoms with Gasteiger partial charge in [0.2, 0.25) is 0 Å². The number of ether oxygens (including phenoxy) is 1. The van der Waals surface area contributed by atoms with E-state index < -0.39 is 6.04 Å². The van der Waals surface area contributed by atoms with Gasteiger partial charge in [-0.05, 0) is 45.2 Å². The van der Waals surface area contributed by atoms with Gasteiger partial charge in [0.25, 0.3) is 0 Å². The van der Waals surface area contributed by atoms with Crippen LogP contribution in [0.1, 0.15) is 45.5 Å². The number of nitrogens with one attached hydrogen (secondary N) is 1.